The van der Waals surface area contributed by atoms with Crippen molar-refractivity contribution in [3.05, 3.63) is 117 Å². The van der Waals surface area contributed by atoms with Gasteiger partial charge in [0.15, 0.2) is 0 Å². The minimum Gasteiger partial charge on any atom is -0.496 e. The molecular formula is C32H32FN5O6S. The summed E-state index contributed by atoms with van der Waals surface area (Å²) >= 11 is 1.14. The molecule has 0 aliphatic carbocycles. The van der Waals surface area contributed by atoms with E-state index in [-0.39, 0.29) is 25.1 Å². The van der Waals surface area contributed by atoms with Gasteiger partial charge in [0.05, 0.1) is 38.0 Å². The predicted octanol–water partition coefficient (Wildman–Crippen LogP) is 4.68. The summed E-state index contributed by atoms with van der Waals surface area (Å²) in [5, 5.41) is 9.13. The van der Waals surface area contributed by atoms with E-state index < -0.39 is 34.7 Å². The van der Waals surface area contributed by atoms with Crippen LogP contribution in [0.25, 0.3) is 15.2 Å². The van der Waals surface area contributed by atoms with Gasteiger partial charge in [0.2, 0.25) is 0 Å². The summed E-state index contributed by atoms with van der Waals surface area (Å²) in [5.41, 5.74) is -1.56. The number of esters is 1. The number of methoxy groups -OCH3 is 1. The van der Waals surface area contributed by atoms with E-state index in [0.29, 0.717) is 26.7 Å². The molecular weight excluding hydrogens is 601 g/mol. The average molecular weight is 634 g/mol. The first-order chi connectivity index (χ1) is 21.6. The molecule has 0 fully saturated rings. The molecule has 2 aromatic carbocycles. The second kappa shape index (κ2) is 13.0. The summed E-state index contributed by atoms with van der Waals surface area (Å²) in [6.07, 6.45) is 3.61. The normalized spacial score (nSPS) is 12.3. The Morgan fingerprint density at radius 2 is 1.84 bits per heavy atom. The van der Waals surface area contributed by atoms with Crippen LogP contribution in [0.15, 0.2) is 83.2 Å². The van der Waals surface area contributed by atoms with E-state index in [0.717, 1.165) is 21.5 Å². The molecule has 1 atom stereocenters. The van der Waals surface area contributed by atoms with Crippen LogP contribution in [0, 0.1) is 12.7 Å². The Hall–Kier alpha value is -4.88. The van der Waals surface area contributed by atoms with Crippen molar-refractivity contribution in [3.8, 4) is 10.8 Å². The summed E-state index contributed by atoms with van der Waals surface area (Å²) in [4.78, 5) is 43.8. The summed E-state index contributed by atoms with van der Waals surface area (Å²) < 4.78 is 33.9. The molecule has 0 spiro atoms. The van der Waals surface area contributed by atoms with Crippen molar-refractivity contribution in [2.45, 2.75) is 45.6 Å². The van der Waals surface area contributed by atoms with Crippen molar-refractivity contribution < 1.29 is 23.4 Å². The Balaban J connectivity index is 1.71. The Kier molecular flexibility index (Phi) is 9.11. The van der Waals surface area contributed by atoms with Crippen molar-refractivity contribution in [3.63, 3.8) is 0 Å². The van der Waals surface area contributed by atoms with Gasteiger partial charge in [-0.05, 0) is 44.5 Å². The standard InChI is InChI=1S/C32H32FN5O6S/c1-6-16-43-25(23-17-22(33)12-13-24(23)42-5)18-36-29-26(20(2)28(45-29)38-34-14-15-35-38)27(39)37(31(36)41)32(3,4)30(40)44-19-21-10-8-7-9-11-21/h6-15,17,25H,1,16,18-19H2,2-5H3/t25-/m1/s1. The molecule has 234 valence electrons. The van der Waals surface area contributed by atoms with E-state index >= 15 is 0 Å². The fourth-order valence-electron chi connectivity index (χ4n) is 5.04. The van der Waals surface area contributed by atoms with E-state index in [2.05, 4.69) is 16.8 Å². The molecule has 0 amide bonds. The number of aryl methyl sites for hydroxylation is 1. The minimum atomic E-state index is -1.72. The highest BCUT2D eigenvalue weighted by Gasteiger charge is 2.37. The van der Waals surface area contributed by atoms with Crippen molar-refractivity contribution in [1.82, 2.24) is 24.1 Å². The number of rotatable bonds is 12. The molecule has 0 aliphatic rings. The Morgan fingerprint density at radius 1 is 1.13 bits per heavy atom. The third-order valence-corrected chi connectivity index (χ3v) is 8.64. The van der Waals surface area contributed by atoms with Crippen molar-refractivity contribution in [1.29, 1.82) is 0 Å². The first-order valence-electron chi connectivity index (χ1n) is 14.0. The van der Waals surface area contributed by atoms with E-state index in [1.807, 2.05) is 18.2 Å². The van der Waals surface area contributed by atoms with E-state index in [1.54, 1.807) is 19.1 Å². The number of nitrogens with zero attached hydrogens (tertiary/aromatic N) is 5. The van der Waals surface area contributed by atoms with Crippen molar-refractivity contribution >= 4 is 27.5 Å². The van der Waals surface area contributed by atoms with Gasteiger partial charge in [-0.3, -0.25) is 9.36 Å². The van der Waals surface area contributed by atoms with Crippen LogP contribution in [0.4, 0.5) is 4.39 Å². The molecule has 0 unspecified atom stereocenters. The number of carbonyl (C=O) groups excluding carboxylic acids is 1. The van der Waals surface area contributed by atoms with Gasteiger partial charge in [-0.1, -0.05) is 47.7 Å². The first kappa shape index (κ1) is 31.5. The molecule has 0 radical (unpaired) electrons. The summed E-state index contributed by atoms with van der Waals surface area (Å²) in [6.45, 7) is 8.21. The molecule has 5 aromatic rings. The quantitative estimate of drug-likeness (QED) is 0.144. The number of aromatic nitrogens is 5. The van der Waals surface area contributed by atoms with Crippen molar-refractivity contribution in [2.24, 2.45) is 0 Å². The van der Waals surface area contributed by atoms with Crippen LogP contribution in [0.2, 0.25) is 0 Å². The zero-order valence-corrected chi connectivity index (χ0v) is 26.0. The monoisotopic (exact) mass is 633 g/mol. The maximum Gasteiger partial charge on any atom is 0.333 e. The lowest BCUT2D eigenvalue weighted by Gasteiger charge is -2.27. The molecule has 0 N–H and O–H groups in total. The van der Waals surface area contributed by atoms with Crippen LogP contribution < -0.4 is 16.0 Å². The lowest BCUT2D eigenvalue weighted by Crippen LogP contribution is -2.53. The van der Waals surface area contributed by atoms with Crippen LogP contribution in [0.1, 0.15) is 36.6 Å². The van der Waals surface area contributed by atoms with Crippen LogP contribution >= 0.6 is 11.3 Å². The zero-order chi connectivity index (χ0) is 32.3. The van der Waals surface area contributed by atoms with Gasteiger partial charge in [0.1, 0.15) is 39.6 Å². The number of hydrogen-bond acceptors (Lipinski definition) is 9. The van der Waals surface area contributed by atoms with Gasteiger partial charge < -0.3 is 14.2 Å². The highest BCUT2D eigenvalue weighted by Crippen LogP contribution is 2.34. The van der Waals surface area contributed by atoms with Crippen LogP contribution in [0.3, 0.4) is 0 Å². The van der Waals surface area contributed by atoms with E-state index in [1.165, 1.54) is 67.0 Å². The third-order valence-electron chi connectivity index (χ3n) is 7.36. The maximum absolute atomic E-state index is 14.5. The van der Waals surface area contributed by atoms with Crippen LogP contribution in [-0.4, -0.2) is 43.8 Å². The smallest absolute Gasteiger partial charge is 0.333 e. The molecule has 5 rings (SSSR count). The number of benzene rings is 2. The molecule has 0 saturated heterocycles. The number of halogens is 1. The fraction of sp³-hybridized carbons (Fsp3) is 0.281. The van der Waals surface area contributed by atoms with Gasteiger partial charge in [-0.2, -0.15) is 10.2 Å². The predicted molar refractivity (Wildman–Crippen MR) is 167 cm³/mol. The summed E-state index contributed by atoms with van der Waals surface area (Å²) in [5.74, 6) is -0.956. The molecule has 45 heavy (non-hydrogen) atoms. The molecule has 11 nitrogen and oxygen atoms in total. The summed E-state index contributed by atoms with van der Waals surface area (Å²) in [7, 11) is 1.45. The van der Waals surface area contributed by atoms with Gasteiger partial charge >= 0.3 is 11.7 Å². The molecule has 0 saturated carbocycles. The fourth-order valence-corrected chi connectivity index (χ4v) is 6.26. The topological polar surface area (TPSA) is 119 Å². The zero-order valence-electron chi connectivity index (χ0n) is 25.2. The number of fused-ring (bicyclic) bond motifs is 1. The Morgan fingerprint density at radius 3 is 2.51 bits per heavy atom. The van der Waals surface area contributed by atoms with E-state index in [4.69, 9.17) is 14.2 Å². The molecule has 3 aromatic heterocycles. The van der Waals surface area contributed by atoms with Crippen LogP contribution in [0.5, 0.6) is 5.75 Å². The van der Waals surface area contributed by atoms with Gasteiger partial charge in [0.25, 0.3) is 5.56 Å². The minimum absolute atomic E-state index is 0.0439. The average Bonchev–Trinajstić information content (AvgIpc) is 3.68. The molecule has 13 heteroatoms. The molecule has 0 bridgehead atoms. The second-order valence-corrected chi connectivity index (χ2v) is 11.7. The maximum atomic E-state index is 14.5. The number of carbonyl (C=O) groups is 1. The highest BCUT2D eigenvalue weighted by atomic mass is 32.1. The van der Waals surface area contributed by atoms with Gasteiger partial charge in [0, 0.05) is 11.1 Å². The SMILES string of the molecule is C=CCO[C@H](Cn1c(=O)n(C(C)(C)C(=O)OCc2ccccc2)c(=O)c2c(C)c(-n3nccn3)sc21)c1cc(F)ccc1OC. The lowest BCUT2D eigenvalue weighted by atomic mass is 10.0. The lowest BCUT2D eigenvalue weighted by molar-refractivity contribution is -0.154. The Labute approximate surface area is 261 Å². The summed E-state index contributed by atoms with van der Waals surface area (Å²) in [6, 6.07) is 13.1. The van der Waals surface area contributed by atoms with Gasteiger partial charge in [-0.15, -0.1) is 11.4 Å². The number of ether oxygens (including phenoxy) is 3. The van der Waals surface area contributed by atoms with Crippen molar-refractivity contribution in [2.75, 3.05) is 13.7 Å². The number of thiophene rings is 1. The van der Waals surface area contributed by atoms with Gasteiger partial charge in [-0.25, -0.2) is 18.5 Å². The highest BCUT2D eigenvalue weighted by molar-refractivity contribution is 7.21. The largest absolute Gasteiger partial charge is 0.496 e. The molecule has 3 heterocycles. The first-order valence-corrected chi connectivity index (χ1v) is 14.8. The number of hydrogen-bond donors (Lipinski definition) is 0. The van der Waals surface area contributed by atoms with E-state index in [9.17, 15) is 18.8 Å². The van der Waals surface area contributed by atoms with Crippen LogP contribution in [-0.2, 0) is 33.0 Å². The third kappa shape index (κ3) is 6.08. The Bertz CT molecular complexity index is 1960. The second-order valence-electron chi connectivity index (χ2n) is 10.7. The molecule has 0 aliphatic heterocycles.